The number of carbonyl (C=O) groups excluding carboxylic acids is 1. The highest BCUT2D eigenvalue weighted by Crippen LogP contribution is 2.29. The van der Waals surface area contributed by atoms with Crippen molar-refractivity contribution in [2.75, 3.05) is 19.1 Å². The smallest absolute Gasteiger partial charge is 0.296 e. The molecule has 1 aliphatic heterocycles. The van der Waals surface area contributed by atoms with Crippen molar-refractivity contribution in [3.8, 4) is 11.4 Å². The number of hydrogen-bond acceptors (Lipinski definition) is 4. The average molecular weight is 435 g/mol. The van der Waals surface area contributed by atoms with E-state index in [1.54, 1.807) is 43.8 Å². The summed E-state index contributed by atoms with van der Waals surface area (Å²) >= 11 is 5.56. The Morgan fingerprint density at radius 2 is 1.61 bits per heavy atom. The fourth-order valence-electron chi connectivity index (χ4n) is 3.62. The minimum Gasteiger partial charge on any atom is -0.497 e. The monoisotopic (exact) mass is 434 g/mol. The van der Waals surface area contributed by atoms with E-state index in [0.29, 0.717) is 17.1 Å². The number of nitrogens with zero attached hydrogens (tertiary/aromatic N) is 4. The molecule has 1 aliphatic rings. The number of rotatable bonds is 4. The molecule has 1 amide bonds. The molecule has 2 heterocycles. The van der Waals surface area contributed by atoms with Gasteiger partial charge in [-0.15, -0.1) is 0 Å². The number of methoxy groups -OCH3 is 1. The molecule has 3 aromatic rings. The number of benzene rings is 2. The van der Waals surface area contributed by atoms with Crippen molar-refractivity contribution in [2.45, 2.75) is 6.92 Å². The molecule has 7 nitrogen and oxygen atoms in total. The van der Waals surface area contributed by atoms with Crippen LogP contribution in [0.15, 0.2) is 65.1 Å². The Hall–Kier alpha value is -3.65. The SMILES string of the molecule is COc1ccc(/C=C2\C(=O)N(c3c(C)n(C)n(-c4ccccc4)c3=O)C(=S)N2C)cc1. The van der Waals surface area contributed by atoms with Crippen LogP contribution in [0.25, 0.3) is 11.8 Å². The molecule has 1 aromatic heterocycles. The summed E-state index contributed by atoms with van der Waals surface area (Å²) in [6.45, 7) is 1.80. The third-order valence-electron chi connectivity index (χ3n) is 5.43. The van der Waals surface area contributed by atoms with Crippen molar-refractivity contribution < 1.29 is 9.53 Å². The predicted molar refractivity (Wildman–Crippen MR) is 125 cm³/mol. The van der Waals surface area contributed by atoms with E-state index >= 15 is 0 Å². The van der Waals surface area contributed by atoms with Gasteiger partial charge in [-0.2, -0.15) is 0 Å². The number of aromatic nitrogens is 2. The molecule has 2 aromatic carbocycles. The van der Waals surface area contributed by atoms with Gasteiger partial charge in [-0.3, -0.25) is 14.3 Å². The van der Waals surface area contributed by atoms with Gasteiger partial charge >= 0.3 is 0 Å². The molecule has 0 N–H and O–H groups in total. The minimum absolute atomic E-state index is 0.256. The Labute approximate surface area is 185 Å². The number of carbonyl (C=O) groups is 1. The first-order chi connectivity index (χ1) is 14.8. The third kappa shape index (κ3) is 3.34. The maximum Gasteiger partial charge on any atom is 0.296 e. The maximum absolute atomic E-state index is 13.4. The van der Waals surface area contributed by atoms with Crippen molar-refractivity contribution in [3.05, 3.63) is 81.9 Å². The summed E-state index contributed by atoms with van der Waals surface area (Å²) in [5.41, 5.74) is 2.52. The van der Waals surface area contributed by atoms with E-state index in [4.69, 9.17) is 17.0 Å². The molecule has 0 atom stereocenters. The highest BCUT2D eigenvalue weighted by Gasteiger charge is 2.40. The van der Waals surface area contributed by atoms with Crippen molar-refractivity contribution >= 4 is 35.0 Å². The quantitative estimate of drug-likeness (QED) is 0.467. The highest BCUT2D eigenvalue weighted by atomic mass is 32.1. The van der Waals surface area contributed by atoms with Gasteiger partial charge in [-0.1, -0.05) is 30.3 Å². The van der Waals surface area contributed by atoms with Crippen LogP contribution in [-0.2, 0) is 11.8 Å². The first-order valence-corrected chi connectivity index (χ1v) is 10.1. The van der Waals surface area contributed by atoms with Gasteiger partial charge in [-0.05, 0) is 55.0 Å². The zero-order valence-electron chi connectivity index (χ0n) is 17.7. The molecule has 1 saturated heterocycles. The Bertz CT molecular complexity index is 1260. The zero-order chi connectivity index (χ0) is 22.3. The largest absolute Gasteiger partial charge is 0.497 e. The Morgan fingerprint density at radius 1 is 0.968 bits per heavy atom. The Balaban J connectivity index is 1.79. The Morgan fingerprint density at radius 3 is 2.23 bits per heavy atom. The lowest BCUT2D eigenvalue weighted by Crippen LogP contribution is -2.35. The maximum atomic E-state index is 13.4. The first kappa shape index (κ1) is 20.6. The first-order valence-electron chi connectivity index (χ1n) is 9.67. The summed E-state index contributed by atoms with van der Waals surface area (Å²) in [5, 5.41) is 0.260. The fourth-order valence-corrected chi connectivity index (χ4v) is 3.90. The van der Waals surface area contributed by atoms with Crippen LogP contribution in [0, 0.1) is 6.92 Å². The summed E-state index contributed by atoms with van der Waals surface area (Å²) in [7, 11) is 5.11. The molecule has 0 unspecified atom stereocenters. The molecule has 0 bridgehead atoms. The summed E-state index contributed by atoms with van der Waals surface area (Å²) in [5.74, 6) is 0.390. The van der Waals surface area contributed by atoms with E-state index in [1.165, 1.54) is 9.58 Å². The van der Waals surface area contributed by atoms with E-state index < -0.39 is 0 Å². The lowest BCUT2D eigenvalue weighted by molar-refractivity contribution is -0.114. The van der Waals surface area contributed by atoms with E-state index in [0.717, 1.165) is 11.3 Å². The number of hydrogen-bond donors (Lipinski definition) is 0. The number of amides is 1. The summed E-state index contributed by atoms with van der Waals surface area (Å²) < 4.78 is 8.45. The molecule has 1 fully saturated rings. The van der Waals surface area contributed by atoms with Gasteiger partial charge in [0, 0.05) is 14.1 Å². The van der Waals surface area contributed by atoms with Crippen molar-refractivity contribution in [2.24, 2.45) is 7.05 Å². The Kier molecular flexibility index (Phi) is 5.24. The van der Waals surface area contributed by atoms with E-state index in [-0.39, 0.29) is 22.3 Å². The van der Waals surface area contributed by atoms with Crippen LogP contribution in [0.4, 0.5) is 5.69 Å². The normalized spacial score (nSPS) is 15.3. The van der Waals surface area contributed by atoms with Gasteiger partial charge in [-0.25, -0.2) is 9.58 Å². The number of thiocarbonyl (C=S) groups is 1. The highest BCUT2D eigenvalue weighted by molar-refractivity contribution is 7.80. The zero-order valence-corrected chi connectivity index (χ0v) is 18.5. The van der Waals surface area contributed by atoms with Crippen LogP contribution in [0.2, 0.25) is 0 Å². The van der Waals surface area contributed by atoms with Crippen LogP contribution < -0.4 is 15.2 Å². The van der Waals surface area contributed by atoms with E-state index in [9.17, 15) is 9.59 Å². The second-order valence-electron chi connectivity index (χ2n) is 7.20. The van der Waals surface area contributed by atoms with Gasteiger partial charge in [0.1, 0.15) is 17.1 Å². The van der Waals surface area contributed by atoms with Gasteiger partial charge < -0.3 is 9.64 Å². The van der Waals surface area contributed by atoms with Gasteiger partial charge in [0.2, 0.25) is 0 Å². The molecule has 0 saturated carbocycles. The van der Waals surface area contributed by atoms with Gasteiger partial charge in [0.15, 0.2) is 5.11 Å². The van der Waals surface area contributed by atoms with Crippen LogP contribution in [0.5, 0.6) is 5.75 Å². The minimum atomic E-state index is -0.339. The second-order valence-corrected chi connectivity index (χ2v) is 7.56. The van der Waals surface area contributed by atoms with Crippen LogP contribution >= 0.6 is 12.2 Å². The number of para-hydroxylation sites is 1. The molecule has 4 rings (SSSR count). The van der Waals surface area contributed by atoms with Crippen LogP contribution in [0.1, 0.15) is 11.3 Å². The van der Waals surface area contributed by atoms with Crippen molar-refractivity contribution in [3.63, 3.8) is 0 Å². The summed E-state index contributed by atoms with van der Waals surface area (Å²) in [4.78, 5) is 29.7. The fraction of sp³-hybridized carbons (Fsp3) is 0.174. The van der Waals surface area contributed by atoms with Crippen molar-refractivity contribution in [1.29, 1.82) is 0 Å². The topological polar surface area (TPSA) is 59.7 Å². The molecule has 0 radical (unpaired) electrons. The number of ether oxygens (including phenoxy) is 1. The molecule has 0 spiro atoms. The standard InChI is InChI=1S/C23H22N4O3S/c1-15-20(22(29)27(25(15)3)17-8-6-5-7-9-17)26-21(28)19(24(2)23(26)31)14-16-10-12-18(30-4)13-11-16/h5-14H,1-4H3/b19-14+. The average Bonchev–Trinajstić information content (AvgIpc) is 3.12. The van der Waals surface area contributed by atoms with Crippen molar-refractivity contribution in [1.82, 2.24) is 14.3 Å². The third-order valence-corrected chi connectivity index (χ3v) is 5.88. The van der Waals surface area contributed by atoms with Gasteiger partial charge in [0.25, 0.3) is 11.5 Å². The molecular formula is C23H22N4O3S. The van der Waals surface area contributed by atoms with E-state index in [2.05, 4.69) is 0 Å². The molecular weight excluding hydrogens is 412 g/mol. The summed E-state index contributed by atoms with van der Waals surface area (Å²) in [6.07, 6.45) is 1.75. The number of anilines is 1. The molecule has 31 heavy (non-hydrogen) atoms. The van der Waals surface area contributed by atoms with Crippen LogP contribution in [0.3, 0.4) is 0 Å². The lowest BCUT2D eigenvalue weighted by atomic mass is 10.1. The second kappa shape index (κ2) is 7.88. The van der Waals surface area contributed by atoms with E-state index in [1.807, 2.05) is 54.6 Å². The lowest BCUT2D eigenvalue weighted by Gasteiger charge is -2.15. The molecule has 8 heteroatoms. The molecule has 158 valence electrons. The number of likely N-dealkylation sites (N-methyl/N-ethyl adjacent to an activating group) is 1. The molecule has 0 aliphatic carbocycles. The van der Waals surface area contributed by atoms with Crippen LogP contribution in [-0.4, -0.2) is 39.4 Å². The summed E-state index contributed by atoms with van der Waals surface area (Å²) in [6, 6.07) is 16.6. The van der Waals surface area contributed by atoms with Gasteiger partial charge in [0.05, 0.1) is 18.5 Å². The predicted octanol–water partition coefficient (Wildman–Crippen LogP) is 3.10.